The molecule has 0 aliphatic heterocycles. The van der Waals surface area contributed by atoms with Crippen LogP contribution in [0.25, 0.3) is 22.1 Å². The van der Waals surface area contributed by atoms with Crippen LogP contribution in [0.5, 0.6) is 0 Å². The summed E-state index contributed by atoms with van der Waals surface area (Å²) in [5.74, 6) is -0.713. The summed E-state index contributed by atoms with van der Waals surface area (Å²) in [6, 6.07) is 17.1. The van der Waals surface area contributed by atoms with Crippen molar-refractivity contribution < 1.29 is 14.4 Å². The van der Waals surface area contributed by atoms with Gasteiger partial charge in [-0.05, 0) is 84.0 Å². The number of aromatic nitrogens is 8. The van der Waals surface area contributed by atoms with Crippen molar-refractivity contribution in [2.45, 2.75) is 81.1 Å². The van der Waals surface area contributed by atoms with Crippen LogP contribution in [-0.4, -0.2) is 55.4 Å². The largest absolute Gasteiger partial charge is 0.313 e. The van der Waals surface area contributed by atoms with Crippen LogP contribution in [0.3, 0.4) is 0 Å². The zero-order chi connectivity index (χ0) is 37.4. The molecule has 270 valence electrons. The number of amides is 2. The van der Waals surface area contributed by atoms with E-state index in [4.69, 9.17) is 0 Å². The highest BCUT2D eigenvalue weighted by Crippen LogP contribution is 2.20. The Kier molecular flexibility index (Phi) is 9.96. The van der Waals surface area contributed by atoms with Gasteiger partial charge in [0.25, 0.3) is 11.8 Å². The minimum absolute atomic E-state index is 0.0413. The summed E-state index contributed by atoms with van der Waals surface area (Å²) < 4.78 is 11.2. The molecular weight excluding hydrogens is 656 g/mol. The second-order valence-corrected chi connectivity index (χ2v) is 13.2. The zero-order valence-electron chi connectivity index (χ0n) is 31.4. The molecule has 13 nitrogen and oxygen atoms in total. The van der Waals surface area contributed by atoms with Crippen molar-refractivity contribution in [1.82, 2.24) is 37.8 Å². The fourth-order valence-electron chi connectivity index (χ4n) is 6.71. The van der Waals surface area contributed by atoms with Crippen LogP contribution in [0.4, 0.5) is 0 Å². The van der Waals surface area contributed by atoms with E-state index in [-0.39, 0.29) is 11.7 Å². The van der Waals surface area contributed by atoms with Crippen molar-refractivity contribution in [1.29, 1.82) is 0 Å². The summed E-state index contributed by atoms with van der Waals surface area (Å²) in [5, 5.41) is 8.89. The van der Waals surface area contributed by atoms with Gasteiger partial charge in [-0.25, -0.2) is 0 Å². The fourth-order valence-corrected chi connectivity index (χ4v) is 6.71. The van der Waals surface area contributed by atoms with Crippen LogP contribution >= 0.6 is 0 Å². The highest BCUT2D eigenvalue weighted by atomic mass is 16.2. The summed E-state index contributed by atoms with van der Waals surface area (Å²) in [5.41, 5.74) is 9.58. The Morgan fingerprint density at radius 3 is 1.58 bits per heavy atom. The highest BCUT2D eigenvalue weighted by Gasteiger charge is 2.19. The lowest BCUT2D eigenvalue weighted by Crippen LogP contribution is -2.28. The van der Waals surface area contributed by atoms with E-state index in [0.717, 1.165) is 44.6 Å². The molecule has 6 rings (SSSR count). The average molecular weight is 703 g/mol. The number of carbonyl (C=O) groups excluding carboxylic acids is 3. The number of imidazole rings is 2. The molecule has 0 fully saturated rings. The van der Waals surface area contributed by atoms with Gasteiger partial charge in [0.15, 0.2) is 5.78 Å². The van der Waals surface area contributed by atoms with E-state index in [1.165, 1.54) is 0 Å². The molecule has 0 spiro atoms. The zero-order valence-corrected chi connectivity index (χ0v) is 31.4. The number of allylic oxidation sites excluding steroid dienone is 2. The first-order chi connectivity index (χ1) is 24.9. The van der Waals surface area contributed by atoms with Crippen LogP contribution in [-0.2, 0) is 40.3 Å². The maximum absolute atomic E-state index is 13.7. The second-order valence-electron chi connectivity index (χ2n) is 13.2. The van der Waals surface area contributed by atoms with Crippen molar-refractivity contribution in [3.8, 4) is 0 Å². The van der Waals surface area contributed by atoms with Gasteiger partial charge in [0.1, 0.15) is 11.4 Å². The SMILES string of the molecule is CCC(=O)c1ccc2c(c1)n(C)c(=NC(=O)c1cc(C)nn1CC)n2C/C(C)=C(\C)Cn1c(=NC(=O)c2cc(C)nn2CC)n(C)c2ccccc21. The number of fused-ring (bicyclic) bond motifs is 2. The third-order valence-electron chi connectivity index (χ3n) is 9.65. The van der Waals surface area contributed by atoms with E-state index in [1.807, 2.05) is 105 Å². The standard InChI is InChI=1S/C39H46N10O3/c1-10-35(50)28-17-18-31-32(21-28)45(9)39(41-37(52)34-20-27(7)43-49(34)12-3)47(31)23-25(5)24(4)22-46-30-16-14-13-15-29(30)44(8)38(46)40-36(51)33-19-26(6)42-48(33)11-2/h13-21H,10-12,22-23H2,1-9H3/b25-24+,40-38?,41-39?. The maximum atomic E-state index is 13.7. The van der Waals surface area contributed by atoms with Crippen LogP contribution in [0.2, 0.25) is 0 Å². The molecule has 0 unspecified atom stereocenters. The molecule has 6 aromatic rings. The molecule has 2 amide bonds. The first kappa shape index (κ1) is 36.0. The van der Waals surface area contributed by atoms with E-state index in [0.29, 0.717) is 60.8 Å². The van der Waals surface area contributed by atoms with Crippen LogP contribution in [0, 0.1) is 13.8 Å². The number of hydrogen-bond donors (Lipinski definition) is 0. The Balaban J connectivity index is 1.47. The monoisotopic (exact) mass is 702 g/mol. The third-order valence-corrected chi connectivity index (χ3v) is 9.65. The molecule has 0 radical (unpaired) electrons. The van der Waals surface area contributed by atoms with E-state index < -0.39 is 5.91 Å². The minimum atomic E-state index is -0.396. The lowest BCUT2D eigenvalue weighted by Gasteiger charge is -2.12. The fraction of sp³-hybridized carbons (Fsp3) is 0.359. The van der Waals surface area contributed by atoms with E-state index in [9.17, 15) is 14.4 Å². The van der Waals surface area contributed by atoms with Gasteiger partial charge in [-0.3, -0.25) is 23.7 Å². The summed E-state index contributed by atoms with van der Waals surface area (Å²) in [6.07, 6.45) is 0.390. The first-order valence-corrected chi connectivity index (χ1v) is 17.7. The van der Waals surface area contributed by atoms with Gasteiger partial charge >= 0.3 is 0 Å². The number of para-hydroxylation sites is 2. The van der Waals surface area contributed by atoms with Crippen molar-refractivity contribution >= 4 is 39.7 Å². The Hall–Kier alpha value is -5.85. The average Bonchev–Trinajstić information content (AvgIpc) is 3.86. The lowest BCUT2D eigenvalue weighted by atomic mass is 10.1. The quantitative estimate of drug-likeness (QED) is 0.139. The Labute approximate surface area is 301 Å². The number of rotatable bonds is 10. The van der Waals surface area contributed by atoms with Gasteiger partial charge in [0.2, 0.25) is 11.2 Å². The normalized spacial score (nSPS) is 13.1. The number of Topliss-reactive ketones (excluding diaryl/α,β-unsaturated/α-hetero) is 1. The molecule has 2 aromatic carbocycles. The summed E-state index contributed by atoms with van der Waals surface area (Å²) >= 11 is 0. The van der Waals surface area contributed by atoms with Crippen molar-refractivity contribution in [2.24, 2.45) is 24.1 Å². The number of hydrogen-bond acceptors (Lipinski definition) is 5. The molecule has 0 aliphatic rings. The van der Waals surface area contributed by atoms with Crippen molar-refractivity contribution in [3.63, 3.8) is 0 Å². The molecule has 0 saturated carbocycles. The molecule has 13 heteroatoms. The number of benzene rings is 2. The Morgan fingerprint density at radius 2 is 1.10 bits per heavy atom. The first-order valence-electron chi connectivity index (χ1n) is 17.7. The molecule has 0 bridgehead atoms. The van der Waals surface area contributed by atoms with Gasteiger partial charge < -0.3 is 18.3 Å². The van der Waals surface area contributed by atoms with E-state index in [2.05, 4.69) is 38.6 Å². The minimum Gasteiger partial charge on any atom is -0.313 e. The number of carbonyl (C=O) groups is 3. The van der Waals surface area contributed by atoms with Crippen molar-refractivity contribution in [3.05, 3.63) is 105 Å². The van der Waals surface area contributed by atoms with Crippen molar-refractivity contribution in [2.75, 3.05) is 0 Å². The molecule has 4 heterocycles. The molecule has 52 heavy (non-hydrogen) atoms. The summed E-state index contributed by atoms with van der Waals surface area (Å²) in [6.45, 7) is 15.6. The van der Waals surface area contributed by atoms with Gasteiger partial charge in [-0.2, -0.15) is 20.2 Å². The lowest BCUT2D eigenvalue weighted by molar-refractivity contribution is 0.0977. The van der Waals surface area contributed by atoms with Crippen LogP contribution < -0.4 is 11.2 Å². The molecule has 0 aliphatic carbocycles. The molecular formula is C39H46N10O3. The van der Waals surface area contributed by atoms with Gasteiger partial charge in [-0.15, -0.1) is 0 Å². The predicted molar refractivity (Wildman–Crippen MR) is 200 cm³/mol. The van der Waals surface area contributed by atoms with Gasteiger partial charge in [0.05, 0.1) is 33.5 Å². The molecule has 4 aromatic heterocycles. The summed E-state index contributed by atoms with van der Waals surface area (Å²) in [7, 11) is 3.78. The van der Waals surface area contributed by atoms with E-state index >= 15 is 0 Å². The van der Waals surface area contributed by atoms with Gasteiger partial charge in [-0.1, -0.05) is 30.2 Å². The molecule has 0 atom stereocenters. The maximum Gasteiger partial charge on any atom is 0.298 e. The third kappa shape index (κ3) is 6.54. The second kappa shape index (κ2) is 14.4. The Morgan fingerprint density at radius 1 is 0.635 bits per heavy atom. The van der Waals surface area contributed by atoms with Gasteiger partial charge in [0, 0.05) is 52.3 Å². The highest BCUT2D eigenvalue weighted by molar-refractivity contribution is 5.99. The predicted octanol–water partition coefficient (Wildman–Crippen LogP) is 5.43. The number of ketones is 1. The smallest absolute Gasteiger partial charge is 0.298 e. The Bertz CT molecular complexity index is 2560. The summed E-state index contributed by atoms with van der Waals surface area (Å²) in [4.78, 5) is 49.3. The van der Waals surface area contributed by atoms with Crippen LogP contribution in [0.1, 0.15) is 83.8 Å². The number of nitrogens with zero attached hydrogens (tertiary/aromatic N) is 10. The molecule has 0 saturated heterocycles. The van der Waals surface area contributed by atoms with Crippen LogP contribution in [0.15, 0.2) is 75.7 Å². The topological polar surface area (TPSA) is 131 Å². The van der Waals surface area contributed by atoms with E-state index in [1.54, 1.807) is 21.5 Å². The number of aryl methyl sites for hydroxylation is 6. The molecule has 0 N–H and O–H groups in total.